The molecule has 184 valence electrons. The Hall–Kier alpha value is -1.17. The zero-order valence-electron chi connectivity index (χ0n) is 19.5. The van der Waals surface area contributed by atoms with Gasteiger partial charge in [-0.25, -0.2) is 0 Å². The van der Waals surface area contributed by atoms with Gasteiger partial charge in [0.2, 0.25) is 0 Å². The first-order valence-corrected chi connectivity index (χ1v) is 12.4. The maximum atomic E-state index is 14.6. The van der Waals surface area contributed by atoms with Gasteiger partial charge in [0.25, 0.3) is 0 Å². The van der Waals surface area contributed by atoms with Crippen molar-refractivity contribution in [2.24, 2.45) is 5.92 Å². The van der Waals surface area contributed by atoms with E-state index in [0.29, 0.717) is 12.3 Å². The van der Waals surface area contributed by atoms with E-state index in [1.54, 1.807) is 12.1 Å². The van der Waals surface area contributed by atoms with Crippen LogP contribution < -0.4 is 0 Å². The standard InChI is InChI=1S/C26H39F5O/c1-3-5-7-9-11-24(25(27,28)29)32-26(30,31)23-18-16-22(17-19-23)21-14-12-20(13-15-21)10-8-6-4-2/h16-21,24H,3-15H2,1-2H3. The molecule has 0 spiro atoms. The molecule has 1 unspecified atom stereocenters. The molecular formula is C26H39F5O. The number of alkyl halides is 5. The minimum atomic E-state index is -4.81. The Morgan fingerprint density at radius 3 is 1.97 bits per heavy atom. The predicted molar refractivity (Wildman–Crippen MR) is 119 cm³/mol. The van der Waals surface area contributed by atoms with Crippen molar-refractivity contribution in [1.82, 2.24) is 0 Å². The van der Waals surface area contributed by atoms with Crippen LogP contribution in [0.3, 0.4) is 0 Å². The summed E-state index contributed by atoms with van der Waals surface area (Å²) in [5.41, 5.74) is 0.473. The van der Waals surface area contributed by atoms with Crippen LogP contribution in [0, 0.1) is 5.92 Å². The molecule has 1 aromatic carbocycles. The Kier molecular flexibility index (Phi) is 10.9. The lowest BCUT2D eigenvalue weighted by molar-refractivity contribution is -0.333. The van der Waals surface area contributed by atoms with Crippen molar-refractivity contribution in [1.29, 1.82) is 0 Å². The van der Waals surface area contributed by atoms with E-state index in [0.717, 1.165) is 50.0 Å². The third-order valence-corrected chi connectivity index (χ3v) is 6.76. The van der Waals surface area contributed by atoms with Crippen molar-refractivity contribution in [2.45, 2.75) is 122 Å². The van der Waals surface area contributed by atoms with Crippen LogP contribution in [0.25, 0.3) is 0 Å². The van der Waals surface area contributed by atoms with E-state index in [1.165, 1.54) is 37.8 Å². The minimum Gasteiger partial charge on any atom is -0.304 e. The van der Waals surface area contributed by atoms with Gasteiger partial charge in [0.15, 0.2) is 6.10 Å². The molecule has 0 radical (unpaired) electrons. The van der Waals surface area contributed by atoms with Crippen LogP contribution in [0.15, 0.2) is 24.3 Å². The van der Waals surface area contributed by atoms with E-state index in [1.807, 2.05) is 6.92 Å². The van der Waals surface area contributed by atoms with Crippen LogP contribution in [0.2, 0.25) is 0 Å². The Balaban J connectivity index is 1.93. The van der Waals surface area contributed by atoms with Crippen LogP contribution >= 0.6 is 0 Å². The van der Waals surface area contributed by atoms with Crippen LogP contribution in [0.5, 0.6) is 0 Å². The molecule has 1 nitrogen and oxygen atoms in total. The van der Waals surface area contributed by atoms with Crippen molar-refractivity contribution >= 4 is 0 Å². The van der Waals surface area contributed by atoms with Gasteiger partial charge in [-0.3, -0.25) is 0 Å². The Bertz CT molecular complexity index is 633. The summed E-state index contributed by atoms with van der Waals surface area (Å²) in [5, 5.41) is 0. The summed E-state index contributed by atoms with van der Waals surface area (Å²) in [4.78, 5) is 0. The average molecular weight is 463 g/mol. The number of hydrogen-bond acceptors (Lipinski definition) is 1. The molecule has 0 aliphatic heterocycles. The fourth-order valence-corrected chi connectivity index (χ4v) is 4.71. The van der Waals surface area contributed by atoms with Gasteiger partial charge >= 0.3 is 12.3 Å². The van der Waals surface area contributed by atoms with E-state index in [4.69, 9.17) is 0 Å². The maximum Gasteiger partial charge on any atom is 0.414 e. The molecule has 0 aromatic heterocycles. The van der Waals surface area contributed by atoms with Gasteiger partial charge in [-0.15, -0.1) is 0 Å². The van der Waals surface area contributed by atoms with Gasteiger partial charge in [0.1, 0.15) is 0 Å². The van der Waals surface area contributed by atoms with Crippen molar-refractivity contribution in [2.75, 3.05) is 0 Å². The van der Waals surface area contributed by atoms with E-state index in [2.05, 4.69) is 11.7 Å². The summed E-state index contributed by atoms with van der Waals surface area (Å²) >= 11 is 0. The zero-order valence-corrected chi connectivity index (χ0v) is 19.5. The highest BCUT2D eigenvalue weighted by Crippen LogP contribution is 2.40. The van der Waals surface area contributed by atoms with Gasteiger partial charge in [-0.1, -0.05) is 89.5 Å². The van der Waals surface area contributed by atoms with Crippen molar-refractivity contribution in [3.05, 3.63) is 35.4 Å². The lowest BCUT2D eigenvalue weighted by atomic mass is 9.77. The Morgan fingerprint density at radius 2 is 1.41 bits per heavy atom. The summed E-state index contributed by atoms with van der Waals surface area (Å²) in [6.45, 7) is 4.14. The maximum absolute atomic E-state index is 14.6. The minimum absolute atomic E-state index is 0.216. The summed E-state index contributed by atoms with van der Waals surface area (Å²) in [6, 6.07) is 5.73. The van der Waals surface area contributed by atoms with E-state index in [-0.39, 0.29) is 6.42 Å². The van der Waals surface area contributed by atoms with Crippen LogP contribution in [0.1, 0.15) is 114 Å². The molecule has 0 heterocycles. The second-order valence-electron chi connectivity index (χ2n) is 9.35. The number of halogens is 5. The lowest BCUT2D eigenvalue weighted by Gasteiger charge is -2.29. The highest BCUT2D eigenvalue weighted by atomic mass is 19.4. The zero-order chi connectivity index (χ0) is 23.6. The van der Waals surface area contributed by atoms with Gasteiger partial charge in [-0.2, -0.15) is 22.0 Å². The van der Waals surface area contributed by atoms with Gasteiger partial charge < -0.3 is 4.74 Å². The molecule has 0 saturated heterocycles. The first-order valence-electron chi connectivity index (χ1n) is 12.4. The molecule has 0 N–H and O–H groups in total. The third kappa shape index (κ3) is 8.64. The van der Waals surface area contributed by atoms with E-state index in [9.17, 15) is 22.0 Å². The van der Waals surface area contributed by atoms with Crippen molar-refractivity contribution < 1.29 is 26.7 Å². The van der Waals surface area contributed by atoms with Gasteiger partial charge in [0, 0.05) is 0 Å². The summed E-state index contributed by atoms with van der Waals surface area (Å²) in [7, 11) is 0. The quantitative estimate of drug-likeness (QED) is 0.209. The monoisotopic (exact) mass is 462 g/mol. The lowest BCUT2D eigenvalue weighted by Crippen LogP contribution is -2.37. The number of benzene rings is 1. The number of rotatable bonds is 13. The second-order valence-corrected chi connectivity index (χ2v) is 9.35. The smallest absolute Gasteiger partial charge is 0.304 e. The molecule has 1 saturated carbocycles. The summed E-state index contributed by atoms with van der Waals surface area (Å²) in [6.07, 6.45) is 0.154. The molecule has 2 rings (SSSR count). The Labute approximate surface area is 190 Å². The highest BCUT2D eigenvalue weighted by molar-refractivity contribution is 5.27. The van der Waals surface area contributed by atoms with Crippen LogP contribution in [-0.2, 0) is 10.8 Å². The normalized spacial score (nSPS) is 21.0. The fraction of sp³-hybridized carbons (Fsp3) is 0.769. The molecule has 0 amide bonds. The van der Waals surface area contributed by atoms with E-state index < -0.39 is 30.4 Å². The highest BCUT2D eigenvalue weighted by Gasteiger charge is 2.47. The van der Waals surface area contributed by atoms with Crippen molar-refractivity contribution in [3.63, 3.8) is 0 Å². The van der Waals surface area contributed by atoms with Gasteiger partial charge in [-0.05, 0) is 49.5 Å². The number of ether oxygens (including phenoxy) is 1. The molecule has 32 heavy (non-hydrogen) atoms. The van der Waals surface area contributed by atoms with Crippen molar-refractivity contribution in [3.8, 4) is 0 Å². The summed E-state index contributed by atoms with van der Waals surface area (Å²) < 4.78 is 73.2. The largest absolute Gasteiger partial charge is 0.414 e. The number of hydrogen-bond donors (Lipinski definition) is 0. The first-order chi connectivity index (χ1) is 15.2. The molecule has 1 aliphatic carbocycles. The van der Waals surface area contributed by atoms with Crippen LogP contribution in [0.4, 0.5) is 22.0 Å². The SMILES string of the molecule is CCCCCCC(OC(F)(F)c1ccc(C2CCC(CCCCC)CC2)cc1)C(F)(F)F. The van der Waals surface area contributed by atoms with Gasteiger partial charge in [0.05, 0.1) is 5.56 Å². The molecule has 1 atom stereocenters. The number of unbranched alkanes of at least 4 members (excludes halogenated alkanes) is 5. The molecular weight excluding hydrogens is 423 g/mol. The third-order valence-electron chi connectivity index (χ3n) is 6.76. The van der Waals surface area contributed by atoms with Crippen LogP contribution in [-0.4, -0.2) is 12.3 Å². The Morgan fingerprint density at radius 1 is 0.812 bits per heavy atom. The average Bonchev–Trinajstić information content (AvgIpc) is 2.76. The topological polar surface area (TPSA) is 9.23 Å². The fourth-order valence-electron chi connectivity index (χ4n) is 4.71. The summed E-state index contributed by atoms with van der Waals surface area (Å²) in [5.74, 6) is 1.09. The molecule has 0 bridgehead atoms. The second kappa shape index (κ2) is 12.9. The molecule has 1 aliphatic rings. The predicted octanol–water partition coefficient (Wildman–Crippen LogP) is 9.51. The molecule has 1 fully saturated rings. The molecule has 6 heteroatoms. The van der Waals surface area contributed by atoms with E-state index >= 15 is 0 Å². The molecule has 1 aromatic rings. The first kappa shape index (κ1) is 27.1.